The largest absolute Gasteiger partial charge is 0.349 e. The number of hydrogen-bond donors (Lipinski definition) is 1. The average molecular weight is 310 g/mol. The Morgan fingerprint density at radius 2 is 1.94 bits per heavy atom. The molecule has 1 saturated carbocycles. The summed E-state index contributed by atoms with van der Waals surface area (Å²) in [6.45, 7) is 4.58. The Morgan fingerprint density at radius 3 is 2.61 bits per heavy atom. The predicted molar refractivity (Wildman–Crippen MR) is 77.6 cm³/mol. The highest BCUT2D eigenvalue weighted by Gasteiger charge is 2.26. The fraction of sp³-hybridized carbons (Fsp3) is 0.533. The molecular formula is C15H20BrNO. The molecule has 2 rings (SSSR count). The van der Waals surface area contributed by atoms with Crippen molar-refractivity contribution >= 4 is 21.8 Å². The maximum absolute atomic E-state index is 12.2. The first-order valence-corrected chi connectivity index (χ1v) is 7.42. The van der Waals surface area contributed by atoms with E-state index >= 15 is 0 Å². The van der Waals surface area contributed by atoms with E-state index in [1.54, 1.807) is 0 Å². The predicted octanol–water partition coefficient (Wildman–Crippen LogP) is 4.00. The smallest absolute Gasteiger partial charge is 0.252 e. The lowest BCUT2D eigenvalue weighted by Gasteiger charge is -2.32. The summed E-state index contributed by atoms with van der Waals surface area (Å²) in [5.41, 5.74) is 0.726. The number of carbonyl (C=O) groups excluding carboxylic acids is 1. The summed E-state index contributed by atoms with van der Waals surface area (Å²) in [4.78, 5) is 12.2. The van der Waals surface area contributed by atoms with Gasteiger partial charge in [-0.25, -0.2) is 0 Å². The number of nitrogens with one attached hydrogen (secondary N) is 1. The van der Waals surface area contributed by atoms with E-state index in [-0.39, 0.29) is 5.91 Å². The van der Waals surface area contributed by atoms with Crippen LogP contribution in [0, 0.1) is 11.8 Å². The zero-order valence-corrected chi connectivity index (χ0v) is 12.5. The standard InChI is InChI=1S/C15H20BrNO/c1-10-7-8-12(9-11(10)2)17-15(18)13-5-3-4-6-14(13)16/h3-6,10-12H,7-9H2,1-2H3,(H,17,18). The van der Waals surface area contributed by atoms with Crippen molar-refractivity contribution in [1.82, 2.24) is 5.32 Å². The number of halogens is 1. The molecule has 1 aliphatic rings. The van der Waals surface area contributed by atoms with Crippen molar-refractivity contribution < 1.29 is 4.79 Å². The number of rotatable bonds is 2. The molecule has 0 bridgehead atoms. The van der Waals surface area contributed by atoms with Crippen LogP contribution in [0.5, 0.6) is 0 Å². The van der Waals surface area contributed by atoms with Gasteiger partial charge in [-0.2, -0.15) is 0 Å². The molecule has 18 heavy (non-hydrogen) atoms. The van der Waals surface area contributed by atoms with Crippen LogP contribution in [0.4, 0.5) is 0 Å². The van der Waals surface area contributed by atoms with E-state index in [9.17, 15) is 4.79 Å². The molecule has 0 heterocycles. The lowest BCUT2D eigenvalue weighted by molar-refractivity contribution is 0.0910. The second-order valence-electron chi connectivity index (χ2n) is 5.42. The molecule has 1 fully saturated rings. The van der Waals surface area contributed by atoms with Crippen LogP contribution < -0.4 is 5.32 Å². The van der Waals surface area contributed by atoms with Gasteiger partial charge in [-0.05, 0) is 59.2 Å². The molecule has 0 aromatic heterocycles. The fourth-order valence-corrected chi connectivity index (χ4v) is 3.05. The molecule has 0 radical (unpaired) electrons. The second-order valence-corrected chi connectivity index (χ2v) is 6.27. The van der Waals surface area contributed by atoms with Crippen LogP contribution >= 0.6 is 15.9 Å². The molecular weight excluding hydrogens is 290 g/mol. The molecule has 1 N–H and O–H groups in total. The zero-order chi connectivity index (χ0) is 13.1. The van der Waals surface area contributed by atoms with Gasteiger partial charge in [-0.15, -0.1) is 0 Å². The first-order valence-electron chi connectivity index (χ1n) is 6.63. The quantitative estimate of drug-likeness (QED) is 0.879. The van der Waals surface area contributed by atoms with Crippen LogP contribution in [-0.4, -0.2) is 11.9 Å². The van der Waals surface area contributed by atoms with Gasteiger partial charge in [0, 0.05) is 10.5 Å². The molecule has 3 unspecified atom stereocenters. The third-order valence-corrected chi connectivity index (χ3v) is 4.74. The van der Waals surface area contributed by atoms with Crippen LogP contribution in [0.3, 0.4) is 0 Å². The highest BCUT2D eigenvalue weighted by atomic mass is 79.9. The molecule has 0 aliphatic heterocycles. The Kier molecular flexibility index (Phi) is 4.44. The molecule has 2 nitrogen and oxygen atoms in total. The van der Waals surface area contributed by atoms with Gasteiger partial charge in [0.15, 0.2) is 0 Å². The lowest BCUT2D eigenvalue weighted by atomic mass is 9.79. The number of carbonyl (C=O) groups is 1. The fourth-order valence-electron chi connectivity index (χ4n) is 2.59. The Bertz CT molecular complexity index is 432. The number of hydrogen-bond acceptors (Lipinski definition) is 1. The van der Waals surface area contributed by atoms with E-state index < -0.39 is 0 Å². The van der Waals surface area contributed by atoms with Crippen molar-refractivity contribution in [1.29, 1.82) is 0 Å². The molecule has 98 valence electrons. The topological polar surface area (TPSA) is 29.1 Å². The van der Waals surface area contributed by atoms with Crippen LogP contribution in [0.25, 0.3) is 0 Å². The average Bonchev–Trinajstić information content (AvgIpc) is 2.34. The molecule has 1 aliphatic carbocycles. The van der Waals surface area contributed by atoms with E-state index in [1.807, 2.05) is 24.3 Å². The van der Waals surface area contributed by atoms with Crippen LogP contribution in [-0.2, 0) is 0 Å². The van der Waals surface area contributed by atoms with Gasteiger partial charge in [-0.3, -0.25) is 4.79 Å². The van der Waals surface area contributed by atoms with Crippen molar-refractivity contribution in [3.63, 3.8) is 0 Å². The lowest BCUT2D eigenvalue weighted by Crippen LogP contribution is -2.39. The monoisotopic (exact) mass is 309 g/mol. The van der Waals surface area contributed by atoms with Crippen LogP contribution in [0.2, 0.25) is 0 Å². The summed E-state index contributed by atoms with van der Waals surface area (Å²) in [5.74, 6) is 1.51. The van der Waals surface area contributed by atoms with Gasteiger partial charge in [0.05, 0.1) is 5.56 Å². The summed E-state index contributed by atoms with van der Waals surface area (Å²) in [6, 6.07) is 7.90. The summed E-state index contributed by atoms with van der Waals surface area (Å²) < 4.78 is 0.861. The van der Waals surface area contributed by atoms with Gasteiger partial charge >= 0.3 is 0 Å². The summed E-state index contributed by atoms with van der Waals surface area (Å²) in [7, 11) is 0. The molecule has 1 amide bonds. The summed E-state index contributed by atoms with van der Waals surface area (Å²) >= 11 is 3.42. The number of benzene rings is 1. The first-order chi connectivity index (χ1) is 8.58. The molecule has 1 aromatic carbocycles. The van der Waals surface area contributed by atoms with Gasteiger partial charge in [0.1, 0.15) is 0 Å². The Hall–Kier alpha value is -0.830. The molecule has 1 aromatic rings. The minimum atomic E-state index is 0.0363. The Balaban J connectivity index is 1.98. The van der Waals surface area contributed by atoms with E-state index in [2.05, 4.69) is 35.1 Å². The van der Waals surface area contributed by atoms with Gasteiger partial charge in [0.25, 0.3) is 5.91 Å². The van der Waals surface area contributed by atoms with E-state index in [4.69, 9.17) is 0 Å². The maximum Gasteiger partial charge on any atom is 0.252 e. The van der Waals surface area contributed by atoms with Crippen molar-refractivity contribution in [2.24, 2.45) is 11.8 Å². The molecule has 3 heteroatoms. The van der Waals surface area contributed by atoms with Crippen LogP contribution in [0.1, 0.15) is 43.5 Å². The minimum absolute atomic E-state index is 0.0363. The van der Waals surface area contributed by atoms with Crippen molar-refractivity contribution in [2.45, 2.75) is 39.2 Å². The summed E-state index contributed by atoms with van der Waals surface area (Å²) in [5, 5.41) is 3.16. The van der Waals surface area contributed by atoms with E-state index in [1.165, 1.54) is 6.42 Å². The molecule has 0 saturated heterocycles. The Labute approximate surface area is 117 Å². The normalized spacial score (nSPS) is 27.8. The minimum Gasteiger partial charge on any atom is -0.349 e. The van der Waals surface area contributed by atoms with Crippen molar-refractivity contribution in [2.75, 3.05) is 0 Å². The summed E-state index contributed by atoms with van der Waals surface area (Å²) in [6.07, 6.45) is 3.40. The van der Waals surface area contributed by atoms with E-state index in [0.29, 0.717) is 12.0 Å². The molecule has 0 spiro atoms. The third kappa shape index (κ3) is 3.14. The SMILES string of the molecule is CC1CCC(NC(=O)c2ccccc2Br)CC1C. The maximum atomic E-state index is 12.2. The van der Waals surface area contributed by atoms with Gasteiger partial charge in [0.2, 0.25) is 0 Å². The first kappa shape index (κ1) is 13.6. The highest BCUT2D eigenvalue weighted by Crippen LogP contribution is 2.29. The van der Waals surface area contributed by atoms with Crippen molar-refractivity contribution in [3.05, 3.63) is 34.3 Å². The van der Waals surface area contributed by atoms with E-state index in [0.717, 1.165) is 28.8 Å². The highest BCUT2D eigenvalue weighted by molar-refractivity contribution is 9.10. The van der Waals surface area contributed by atoms with Crippen LogP contribution in [0.15, 0.2) is 28.7 Å². The van der Waals surface area contributed by atoms with Crippen molar-refractivity contribution in [3.8, 4) is 0 Å². The zero-order valence-electron chi connectivity index (χ0n) is 10.9. The van der Waals surface area contributed by atoms with Gasteiger partial charge < -0.3 is 5.32 Å². The number of amides is 1. The second kappa shape index (κ2) is 5.87. The molecule has 3 atom stereocenters. The van der Waals surface area contributed by atoms with Gasteiger partial charge in [-0.1, -0.05) is 26.0 Å². The third-order valence-electron chi connectivity index (χ3n) is 4.05. The Morgan fingerprint density at radius 1 is 1.22 bits per heavy atom.